The number of amides is 2. The highest BCUT2D eigenvalue weighted by Gasteiger charge is 2.29. The van der Waals surface area contributed by atoms with E-state index in [-0.39, 0.29) is 23.7 Å². The second kappa shape index (κ2) is 8.86. The number of hydrogen-bond acceptors (Lipinski definition) is 2. The van der Waals surface area contributed by atoms with Crippen molar-refractivity contribution in [3.05, 3.63) is 35.4 Å². The molecule has 4 heteroatoms. The van der Waals surface area contributed by atoms with Gasteiger partial charge < -0.3 is 10.2 Å². The third-order valence-corrected chi connectivity index (χ3v) is 5.06. The fraction of sp³-hybridized carbons (Fsp3) is 0.600. The van der Waals surface area contributed by atoms with Crippen molar-refractivity contribution < 1.29 is 9.59 Å². The minimum absolute atomic E-state index is 0.0283. The fourth-order valence-electron chi connectivity index (χ4n) is 3.41. The number of hydrogen-bond donors (Lipinski definition) is 1. The van der Waals surface area contributed by atoms with E-state index in [0.29, 0.717) is 19.6 Å². The van der Waals surface area contributed by atoms with Gasteiger partial charge in [0.05, 0.1) is 0 Å². The van der Waals surface area contributed by atoms with Gasteiger partial charge in [0.2, 0.25) is 11.8 Å². The highest BCUT2D eigenvalue weighted by molar-refractivity contribution is 5.81. The Balaban J connectivity index is 1.79. The van der Waals surface area contributed by atoms with Crippen molar-refractivity contribution in [1.82, 2.24) is 10.2 Å². The van der Waals surface area contributed by atoms with Crippen molar-refractivity contribution in [2.45, 2.75) is 53.0 Å². The van der Waals surface area contributed by atoms with Crippen LogP contribution in [0.4, 0.5) is 0 Å². The minimum Gasteiger partial charge on any atom is -0.352 e. The summed E-state index contributed by atoms with van der Waals surface area (Å²) in [7, 11) is 0. The summed E-state index contributed by atoms with van der Waals surface area (Å²) in [6, 6.07) is 8.19. The summed E-state index contributed by atoms with van der Waals surface area (Å²) in [5.74, 6) is 0.544. The third-order valence-electron chi connectivity index (χ3n) is 5.06. The van der Waals surface area contributed by atoms with Gasteiger partial charge in [0.25, 0.3) is 0 Å². The van der Waals surface area contributed by atoms with Crippen molar-refractivity contribution in [2.75, 3.05) is 13.1 Å². The second-order valence-electron chi connectivity index (χ2n) is 6.82. The van der Waals surface area contributed by atoms with E-state index >= 15 is 0 Å². The molecule has 0 spiro atoms. The first-order valence-electron chi connectivity index (χ1n) is 9.17. The van der Waals surface area contributed by atoms with Crippen molar-refractivity contribution in [3.8, 4) is 0 Å². The van der Waals surface area contributed by atoms with Gasteiger partial charge in [-0.05, 0) is 38.2 Å². The summed E-state index contributed by atoms with van der Waals surface area (Å²) in [4.78, 5) is 26.7. The van der Waals surface area contributed by atoms with Crippen LogP contribution in [0.2, 0.25) is 0 Å². The molecule has 0 atom stereocenters. The molecule has 0 aliphatic carbocycles. The number of nitrogens with one attached hydrogen (secondary N) is 1. The van der Waals surface area contributed by atoms with E-state index in [1.54, 1.807) is 0 Å². The van der Waals surface area contributed by atoms with Gasteiger partial charge in [0.15, 0.2) is 0 Å². The zero-order chi connectivity index (χ0) is 17.5. The van der Waals surface area contributed by atoms with Gasteiger partial charge in [0, 0.05) is 31.5 Å². The Hall–Kier alpha value is -1.84. The predicted octanol–water partition coefficient (Wildman–Crippen LogP) is 3.29. The molecule has 0 aromatic heterocycles. The lowest BCUT2D eigenvalue weighted by Crippen LogP contribution is -2.44. The molecule has 0 radical (unpaired) electrons. The van der Waals surface area contributed by atoms with Crippen molar-refractivity contribution in [2.24, 2.45) is 11.8 Å². The summed E-state index contributed by atoms with van der Waals surface area (Å²) in [5.41, 5.74) is 2.33. The summed E-state index contributed by atoms with van der Waals surface area (Å²) in [6.45, 7) is 8.18. The SMILES string of the molecule is CCC(CC)C(=O)N1CCC(C(=O)NCc2cccc(C)c2)CC1. The van der Waals surface area contributed by atoms with Gasteiger partial charge >= 0.3 is 0 Å². The molecular formula is C20H30N2O2. The molecule has 1 heterocycles. The molecular weight excluding hydrogens is 300 g/mol. The van der Waals surface area contributed by atoms with E-state index in [4.69, 9.17) is 0 Å². The fourth-order valence-corrected chi connectivity index (χ4v) is 3.41. The van der Waals surface area contributed by atoms with Crippen LogP contribution in [0, 0.1) is 18.8 Å². The number of piperidine rings is 1. The van der Waals surface area contributed by atoms with Crippen LogP contribution in [0.15, 0.2) is 24.3 Å². The van der Waals surface area contributed by atoms with Crippen LogP contribution < -0.4 is 5.32 Å². The summed E-state index contributed by atoms with van der Waals surface area (Å²) in [6.07, 6.45) is 3.33. The molecule has 24 heavy (non-hydrogen) atoms. The lowest BCUT2D eigenvalue weighted by Gasteiger charge is -2.33. The van der Waals surface area contributed by atoms with Crippen LogP contribution in [-0.2, 0) is 16.1 Å². The second-order valence-corrected chi connectivity index (χ2v) is 6.82. The Labute approximate surface area is 145 Å². The highest BCUT2D eigenvalue weighted by atomic mass is 16.2. The monoisotopic (exact) mass is 330 g/mol. The summed E-state index contributed by atoms with van der Waals surface area (Å²) in [5, 5.41) is 3.04. The molecule has 0 bridgehead atoms. The average Bonchev–Trinajstić information content (AvgIpc) is 2.61. The number of benzene rings is 1. The van der Waals surface area contributed by atoms with E-state index in [2.05, 4.69) is 38.2 Å². The molecule has 1 aliphatic rings. The molecule has 2 rings (SSSR count). The Bertz CT molecular complexity index is 559. The van der Waals surface area contributed by atoms with E-state index in [1.165, 1.54) is 5.56 Å². The lowest BCUT2D eigenvalue weighted by atomic mass is 9.93. The van der Waals surface area contributed by atoms with Crippen molar-refractivity contribution >= 4 is 11.8 Å². The molecule has 0 saturated carbocycles. The van der Waals surface area contributed by atoms with Crippen LogP contribution >= 0.6 is 0 Å². The predicted molar refractivity (Wildman–Crippen MR) is 96.4 cm³/mol. The maximum atomic E-state index is 12.4. The quantitative estimate of drug-likeness (QED) is 0.870. The Morgan fingerprint density at radius 2 is 1.88 bits per heavy atom. The van der Waals surface area contributed by atoms with Gasteiger partial charge in [-0.15, -0.1) is 0 Å². The van der Waals surface area contributed by atoms with Crippen LogP contribution in [0.1, 0.15) is 50.7 Å². The number of nitrogens with zero attached hydrogens (tertiary/aromatic N) is 1. The largest absolute Gasteiger partial charge is 0.352 e. The van der Waals surface area contributed by atoms with Gasteiger partial charge in [-0.3, -0.25) is 9.59 Å². The maximum absolute atomic E-state index is 12.4. The maximum Gasteiger partial charge on any atom is 0.225 e. The van der Waals surface area contributed by atoms with E-state index in [1.807, 2.05) is 17.0 Å². The first-order valence-corrected chi connectivity index (χ1v) is 9.17. The number of rotatable bonds is 6. The minimum atomic E-state index is 0.0283. The van der Waals surface area contributed by atoms with E-state index in [9.17, 15) is 9.59 Å². The lowest BCUT2D eigenvalue weighted by molar-refractivity contribution is -0.139. The first kappa shape index (κ1) is 18.5. The summed E-state index contributed by atoms with van der Waals surface area (Å²) >= 11 is 0. The first-order chi connectivity index (χ1) is 11.5. The smallest absolute Gasteiger partial charge is 0.225 e. The number of likely N-dealkylation sites (tertiary alicyclic amines) is 1. The number of aryl methyl sites for hydroxylation is 1. The van der Waals surface area contributed by atoms with Crippen LogP contribution in [0.5, 0.6) is 0 Å². The summed E-state index contributed by atoms with van der Waals surface area (Å²) < 4.78 is 0. The zero-order valence-electron chi connectivity index (χ0n) is 15.2. The van der Waals surface area contributed by atoms with Gasteiger partial charge in [-0.25, -0.2) is 0 Å². The molecule has 1 aliphatic heterocycles. The standard InChI is InChI=1S/C20H30N2O2/c1-4-17(5-2)20(24)22-11-9-18(10-12-22)19(23)21-14-16-8-6-7-15(3)13-16/h6-8,13,17-18H,4-5,9-12,14H2,1-3H3,(H,21,23). The normalized spacial score (nSPS) is 15.6. The van der Waals surface area contributed by atoms with Crippen molar-refractivity contribution in [1.29, 1.82) is 0 Å². The van der Waals surface area contributed by atoms with Crippen LogP contribution in [0.25, 0.3) is 0 Å². The highest BCUT2D eigenvalue weighted by Crippen LogP contribution is 2.21. The molecule has 1 aromatic rings. The number of carbonyl (C=O) groups excluding carboxylic acids is 2. The molecule has 2 amide bonds. The zero-order valence-corrected chi connectivity index (χ0v) is 15.2. The molecule has 1 saturated heterocycles. The molecule has 4 nitrogen and oxygen atoms in total. The average molecular weight is 330 g/mol. The molecule has 1 aromatic carbocycles. The molecule has 1 N–H and O–H groups in total. The van der Waals surface area contributed by atoms with Gasteiger partial charge in [0.1, 0.15) is 0 Å². The molecule has 1 fully saturated rings. The number of carbonyl (C=O) groups is 2. The van der Waals surface area contributed by atoms with Crippen LogP contribution in [0.3, 0.4) is 0 Å². The van der Waals surface area contributed by atoms with E-state index in [0.717, 1.165) is 31.2 Å². The topological polar surface area (TPSA) is 49.4 Å². The third kappa shape index (κ3) is 4.83. The Morgan fingerprint density at radius 3 is 2.46 bits per heavy atom. The van der Waals surface area contributed by atoms with Gasteiger partial charge in [-0.1, -0.05) is 43.7 Å². The van der Waals surface area contributed by atoms with Gasteiger partial charge in [-0.2, -0.15) is 0 Å². The Morgan fingerprint density at radius 1 is 1.21 bits per heavy atom. The van der Waals surface area contributed by atoms with Crippen LogP contribution in [-0.4, -0.2) is 29.8 Å². The van der Waals surface area contributed by atoms with Crippen molar-refractivity contribution in [3.63, 3.8) is 0 Å². The van der Waals surface area contributed by atoms with E-state index < -0.39 is 0 Å². The molecule has 0 unspecified atom stereocenters. The Kier molecular flexibility index (Phi) is 6.83. The molecule has 132 valence electrons.